The molecule has 0 aliphatic heterocycles. The van der Waals surface area contributed by atoms with Crippen molar-refractivity contribution in [3.8, 4) is 23.0 Å². The zero-order valence-corrected chi connectivity index (χ0v) is 32.9. The van der Waals surface area contributed by atoms with Crippen molar-refractivity contribution < 1.29 is 56.1 Å². The summed E-state index contributed by atoms with van der Waals surface area (Å²) in [6.07, 6.45) is 3.91. The maximum absolute atomic E-state index is 13.8. The Morgan fingerprint density at radius 2 is 0.949 bits per heavy atom. The summed E-state index contributed by atoms with van der Waals surface area (Å²) in [7, 11) is -4.14. The van der Waals surface area contributed by atoms with Crippen molar-refractivity contribution in [2.75, 3.05) is 23.8 Å². The molecular weight excluding hydrogens is 781 g/mol. The van der Waals surface area contributed by atoms with Gasteiger partial charge in [0.15, 0.2) is 23.1 Å². The average Bonchev–Trinajstić information content (AvgIpc) is 3.20. The van der Waals surface area contributed by atoms with Gasteiger partial charge in [0, 0.05) is 36.1 Å². The molecule has 0 saturated carbocycles. The van der Waals surface area contributed by atoms with Gasteiger partial charge >= 0.3 is 11.9 Å². The van der Waals surface area contributed by atoms with Gasteiger partial charge in [0.25, 0.3) is 0 Å². The quantitative estimate of drug-likeness (QED) is 0.0670. The molecule has 15 heteroatoms. The molecule has 4 aromatic carbocycles. The van der Waals surface area contributed by atoms with Crippen LogP contribution in [0.1, 0.15) is 26.7 Å². The van der Waals surface area contributed by atoms with Gasteiger partial charge < -0.3 is 29.6 Å². The number of carbonyl (C=O) groups excluding carboxylic acids is 6. The largest absolute Gasteiger partial charge is 0.462 e. The summed E-state index contributed by atoms with van der Waals surface area (Å²) >= 11 is 0. The second kappa shape index (κ2) is 21.2. The van der Waals surface area contributed by atoms with Crippen molar-refractivity contribution in [3.63, 3.8) is 0 Å². The molecule has 0 bridgehead atoms. The lowest BCUT2D eigenvalue weighted by molar-refractivity contribution is -0.140. The molecule has 0 fully saturated rings. The molecule has 304 valence electrons. The lowest BCUT2D eigenvalue weighted by Crippen LogP contribution is -2.11. The minimum absolute atomic E-state index is 0.105. The van der Waals surface area contributed by atoms with Crippen molar-refractivity contribution >= 4 is 56.5 Å². The van der Waals surface area contributed by atoms with Crippen molar-refractivity contribution in [2.45, 2.75) is 36.5 Å². The first-order valence-corrected chi connectivity index (χ1v) is 19.3. The lowest BCUT2D eigenvalue weighted by Gasteiger charge is -2.14. The van der Waals surface area contributed by atoms with Crippen LogP contribution in [-0.4, -0.2) is 57.0 Å². The Kier molecular flexibility index (Phi) is 15.9. The van der Waals surface area contributed by atoms with E-state index in [1.54, 1.807) is 48.5 Å². The molecule has 0 radical (unpaired) electrons. The van der Waals surface area contributed by atoms with Crippen LogP contribution in [0.3, 0.4) is 0 Å². The van der Waals surface area contributed by atoms with E-state index >= 15 is 0 Å². The third kappa shape index (κ3) is 13.9. The van der Waals surface area contributed by atoms with E-state index in [9.17, 15) is 37.2 Å². The first-order chi connectivity index (χ1) is 28.1. The number of rotatable bonds is 20. The van der Waals surface area contributed by atoms with Crippen LogP contribution in [0.2, 0.25) is 0 Å². The van der Waals surface area contributed by atoms with Crippen LogP contribution in [0.4, 0.5) is 11.4 Å². The van der Waals surface area contributed by atoms with Gasteiger partial charge in [-0.1, -0.05) is 49.6 Å². The van der Waals surface area contributed by atoms with Crippen LogP contribution in [-0.2, 0) is 48.1 Å². The number of ether oxygens (including phenoxy) is 4. The smallest absolute Gasteiger partial charge is 0.333 e. The fraction of sp³-hybridized carbons (Fsp3) is 0.136. The third-order valence-electron chi connectivity index (χ3n) is 7.68. The van der Waals surface area contributed by atoms with Gasteiger partial charge in [-0.05, 0) is 86.7 Å². The van der Waals surface area contributed by atoms with E-state index in [2.05, 4.69) is 23.8 Å². The molecule has 0 atom stereocenters. The summed E-state index contributed by atoms with van der Waals surface area (Å²) in [5.41, 5.74) is 0.876. The van der Waals surface area contributed by atoms with E-state index in [0.717, 1.165) is 24.3 Å². The van der Waals surface area contributed by atoms with Crippen LogP contribution in [0.15, 0.2) is 155 Å². The molecule has 2 N–H and O–H groups in total. The molecule has 4 aromatic rings. The number of hydrogen-bond donors (Lipinski definition) is 2. The number of carbonyl (C=O) groups is 6. The molecule has 0 aromatic heterocycles. The summed E-state index contributed by atoms with van der Waals surface area (Å²) in [6, 6.07) is 24.3. The highest BCUT2D eigenvalue weighted by atomic mass is 32.2. The lowest BCUT2D eigenvalue weighted by atomic mass is 10.2. The van der Waals surface area contributed by atoms with Crippen LogP contribution in [0.25, 0.3) is 0 Å². The number of sulfone groups is 1. The fourth-order valence-corrected chi connectivity index (χ4v) is 6.04. The maximum Gasteiger partial charge on any atom is 0.333 e. The molecule has 0 aliphatic carbocycles. The van der Waals surface area contributed by atoms with Gasteiger partial charge in [-0.15, -0.1) is 0 Å². The topological polar surface area (TPSA) is 198 Å². The van der Waals surface area contributed by atoms with Crippen molar-refractivity contribution in [1.82, 2.24) is 0 Å². The standard InChI is InChI=1S/C44H40N2O12S/c1-29(2)43(51)55-25-23-31(47)19-21-41(49)45-37-15-5-7-17-39(37)57-33-11-9-13-35(27-33)59(53,54)36-14-10-12-34(28-36)58-40-18-8-6-16-38(40)46-42(50)22-20-32(48)24-26-56-44(52)30(3)4/h5-22,27-28H,1,3,23-26H2,2,4H3,(H,45,49)(H,46,50). The highest BCUT2D eigenvalue weighted by molar-refractivity contribution is 7.91. The van der Waals surface area contributed by atoms with E-state index < -0.39 is 45.2 Å². The highest BCUT2D eigenvalue weighted by Crippen LogP contribution is 2.34. The van der Waals surface area contributed by atoms with Gasteiger partial charge in [-0.2, -0.15) is 0 Å². The Morgan fingerprint density at radius 1 is 0.559 bits per heavy atom. The Balaban J connectivity index is 1.40. The normalized spacial score (nSPS) is 11.0. The zero-order valence-electron chi connectivity index (χ0n) is 32.1. The average molecular weight is 821 g/mol. The number of esters is 2. The van der Waals surface area contributed by atoms with E-state index in [1.165, 1.54) is 62.4 Å². The van der Waals surface area contributed by atoms with Gasteiger partial charge in [0.05, 0.1) is 34.4 Å². The molecule has 14 nitrogen and oxygen atoms in total. The Hall–Kier alpha value is -7.39. The zero-order chi connectivity index (χ0) is 43.0. The summed E-state index contributed by atoms with van der Waals surface area (Å²) in [4.78, 5) is 72.2. The molecule has 0 saturated heterocycles. The molecule has 0 unspecified atom stereocenters. The first-order valence-electron chi connectivity index (χ1n) is 17.8. The van der Waals surface area contributed by atoms with Gasteiger partial charge in [-0.3, -0.25) is 19.2 Å². The van der Waals surface area contributed by atoms with Crippen LogP contribution in [0.5, 0.6) is 23.0 Å². The summed E-state index contributed by atoms with van der Waals surface area (Å²) in [5, 5.41) is 5.24. The molecule has 0 aliphatic rings. The molecule has 0 spiro atoms. The third-order valence-corrected chi connectivity index (χ3v) is 9.43. The predicted molar refractivity (Wildman–Crippen MR) is 218 cm³/mol. The SMILES string of the molecule is C=C(C)C(=O)OCCC(=O)C=CC(=O)Nc1ccccc1Oc1cccc(S(=O)(=O)c2cccc(Oc3ccccc3NC(=O)C=CC(=O)CCOC(=O)C(=C)C)c2)c1. The number of hydrogen-bond acceptors (Lipinski definition) is 12. The summed E-state index contributed by atoms with van der Waals surface area (Å²) < 4.78 is 49.4. The van der Waals surface area contributed by atoms with Gasteiger partial charge in [-0.25, -0.2) is 18.0 Å². The van der Waals surface area contributed by atoms with Gasteiger partial charge in [0.2, 0.25) is 21.7 Å². The molecule has 0 heterocycles. The minimum atomic E-state index is -4.14. The Bertz CT molecular complexity index is 2290. The molecule has 59 heavy (non-hydrogen) atoms. The summed E-state index contributed by atoms with van der Waals surface area (Å²) in [6.45, 7) is 9.56. The van der Waals surface area contributed by atoms with E-state index in [4.69, 9.17) is 18.9 Å². The molecular formula is C44H40N2O12S. The van der Waals surface area contributed by atoms with Crippen LogP contribution in [0, 0.1) is 0 Å². The number of para-hydroxylation sites is 4. The highest BCUT2D eigenvalue weighted by Gasteiger charge is 2.20. The number of ketones is 2. The number of allylic oxidation sites excluding steroid dienone is 2. The minimum Gasteiger partial charge on any atom is -0.462 e. The fourth-order valence-electron chi connectivity index (χ4n) is 4.71. The maximum atomic E-state index is 13.8. The van der Waals surface area contributed by atoms with Crippen molar-refractivity contribution in [3.05, 3.63) is 146 Å². The summed E-state index contributed by atoms with van der Waals surface area (Å²) in [5.74, 6) is -2.76. The molecule has 2 amide bonds. The second-order valence-electron chi connectivity index (χ2n) is 12.6. The Labute approximate surface area is 340 Å². The van der Waals surface area contributed by atoms with Crippen LogP contribution >= 0.6 is 0 Å². The number of anilines is 2. The number of amides is 2. The number of nitrogens with one attached hydrogen (secondary N) is 2. The Morgan fingerprint density at radius 3 is 1.34 bits per heavy atom. The second-order valence-corrected chi connectivity index (χ2v) is 14.5. The predicted octanol–water partition coefficient (Wildman–Crippen LogP) is 7.25. The van der Waals surface area contributed by atoms with E-state index in [0.29, 0.717) is 0 Å². The van der Waals surface area contributed by atoms with Crippen molar-refractivity contribution in [1.29, 1.82) is 0 Å². The van der Waals surface area contributed by atoms with Crippen LogP contribution < -0.4 is 20.1 Å². The van der Waals surface area contributed by atoms with Gasteiger partial charge in [0.1, 0.15) is 11.5 Å². The molecule has 4 rings (SSSR count). The van der Waals surface area contributed by atoms with Crippen molar-refractivity contribution in [2.24, 2.45) is 0 Å². The first kappa shape index (κ1) is 44.3. The monoisotopic (exact) mass is 820 g/mol. The van der Waals surface area contributed by atoms with E-state index in [-0.39, 0.29) is 81.4 Å². The van der Waals surface area contributed by atoms with E-state index in [1.807, 2.05) is 0 Å². The number of benzene rings is 4.